The number of nitrogens with two attached hydrogens (primary N) is 1. The quantitative estimate of drug-likeness (QED) is 0.424. The Bertz CT molecular complexity index is 1090. The van der Waals surface area contributed by atoms with Gasteiger partial charge in [-0.05, 0) is 30.7 Å². The first-order valence-corrected chi connectivity index (χ1v) is 9.83. The predicted octanol–water partition coefficient (Wildman–Crippen LogP) is 1.79. The number of nitrogens with zero attached hydrogens (tertiary/aromatic N) is 1. The number of aromatic amines is 2. The standard InChI is InChI=1S/C22H24N4O5/c1-2-30-20(28)11-18-21(22(29)26-25-18)17(10-19(23)27)15-6-3-7-16(9-15)31-13-14-5-4-8-24-12-14/h3-9,12,17H,2,10-11,13H2,1H3,(H2,23,27)(H2,25,26,29). The van der Waals surface area contributed by atoms with E-state index in [0.717, 1.165) is 5.56 Å². The molecule has 0 radical (unpaired) electrons. The van der Waals surface area contributed by atoms with Crippen LogP contribution in [0.2, 0.25) is 0 Å². The van der Waals surface area contributed by atoms with Crippen molar-refractivity contribution in [2.24, 2.45) is 5.73 Å². The molecule has 0 fully saturated rings. The van der Waals surface area contributed by atoms with Crippen LogP contribution in [0, 0.1) is 0 Å². The molecule has 1 unspecified atom stereocenters. The molecule has 31 heavy (non-hydrogen) atoms. The Kier molecular flexibility index (Phi) is 7.21. The third kappa shape index (κ3) is 5.81. The van der Waals surface area contributed by atoms with Gasteiger partial charge >= 0.3 is 5.97 Å². The number of rotatable bonds is 10. The molecule has 0 aliphatic carbocycles. The number of ether oxygens (including phenoxy) is 2. The molecule has 0 bridgehead atoms. The van der Waals surface area contributed by atoms with Gasteiger partial charge in [-0.15, -0.1) is 0 Å². The van der Waals surface area contributed by atoms with Crippen LogP contribution in [-0.4, -0.2) is 33.7 Å². The maximum atomic E-state index is 12.5. The first-order chi connectivity index (χ1) is 15.0. The predicted molar refractivity (Wildman–Crippen MR) is 112 cm³/mol. The van der Waals surface area contributed by atoms with Crippen molar-refractivity contribution in [3.8, 4) is 5.75 Å². The summed E-state index contributed by atoms with van der Waals surface area (Å²) in [5, 5.41) is 5.21. The minimum absolute atomic E-state index is 0.108. The van der Waals surface area contributed by atoms with E-state index >= 15 is 0 Å². The zero-order valence-corrected chi connectivity index (χ0v) is 17.1. The molecule has 9 nitrogen and oxygen atoms in total. The second-order valence-corrected chi connectivity index (χ2v) is 6.90. The fourth-order valence-electron chi connectivity index (χ4n) is 3.33. The summed E-state index contributed by atoms with van der Waals surface area (Å²) in [4.78, 5) is 40.3. The summed E-state index contributed by atoms with van der Waals surface area (Å²) in [6.07, 6.45) is 3.15. The van der Waals surface area contributed by atoms with Crippen LogP contribution in [0.15, 0.2) is 53.6 Å². The number of benzene rings is 1. The van der Waals surface area contributed by atoms with E-state index in [9.17, 15) is 14.4 Å². The SMILES string of the molecule is CCOC(=O)Cc1[nH][nH]c(=O)c1C(CC(N)=O)c1cccc(OCc2cccnc2)c1. The van der Waals surface area contributed by atoms with Crippen molar-refractivity contribution in [2.45, 2.75) is 32.3 Å². The van der Waals surface area contributed by atoms with Gasteiger partial charge in [0.05, 0.1) is 18.7 Å². The molecule has 0 saturated carbocycles. The van der Waals surface area contributed by atoms with Gasteiger partial charge < -0.3 is 20.3 Å². The third-order valence-corrected chi connectivity index (χ3v) is 4.67. The number of hydrogen-bond donors (Lipinski definition) is 3. The first kappa shape index (κ1) is 21.8. The lowest BCUT2D eigenvalue weighted by molar-refractivity contribution is -0.142. The normalized spacial score (nSPS) is 11.6. The molecule has 9 heteroatoms. The van der Waals surface area contributed by atoms with Crippen LogP contribution in [0.5, 0.6) is 5.75 Å². The van der Waals surface area contributed by atoms with Gasteiger partial charge in [0, 0.05) is 35.9 Å². The number of hydrogen-bond acceptors (Lipinski definition) is 6. The molecule has 2 aromatic heterocycles. The summed E-state index contributed by atoms with van der Waals surface area (Å²) in [7, 11) is 0. The molecule has 0 saturated heterocycles. The number of carbonyl (C=O) groups is 2. The molecule has 1 amide bonds. The van der Waals surface area contributed by atoms with E-state index in [-0.39, 0.29) is 25.0 Å². The maximum absolute atomic E-state index is 12.5. The topological polar surface area (TPSA) is 140 Å². The van der Waals surface area contributed by atoms with Gasteiger partial charge in [0.2, 0.25) is 5.91 Å². The number of carbonyl (C=O) groups excluding carboxylic acids is 2. The van der Waals surface area contributed by atoms with Crippen LogP contribution in [0.25, 0.3) is 0 Å². The molecular weight excluding hydrogens is 400 g/mol. The third-order valence-electron chi connectivity index (χ3n) is 4.67. The van der Waals surface area contributed by atoms with E-state index < -0.39 is 23.4 Å². The number of primary amides is 1. The number of nitrogens with one attached hydrogen (secondary N) is 2. The average molecular weight is 424 g/mol. The molecule has 1 aromatic carbocycles. The summed E-state index contributed by atoms with van der Waals surface area (Å²) in [5.41, 5.74) is 7.24. The Morgan fingerprint density at radius 3 is 2.74 bits per heavy atom. The molecule has 3 rings (SSSR count). The highest BCUT2D eigenvalue weighted by atomic mass is 16.5. The minimum Gasteiger partial charge on any atom is -0.489 e. The lowest BCUT2D eigenvalue weighted by Crippen LogP contribution is -2.22. The van der Waals surface area contributed by atoms with Gasteiger partial charge in [0.15, 0.2) is 0 Å². The molecule has 0 aliphatic rings. The summed E-state index contributed by atoms with van der Waals surface area (Å²) in [6, 6.07) is 10.8. The van der Waals surface area contributed by atoms with Crippen LogP contribution >= 0.6 is 0 Å². The van der Waals surface area contributed by atoms with Crippen LogP contribution < -0.4 is 16.0 Å². The van der Waals surface area contributed by atoms with Crippen molar-refractivity contribution >= 4 is 11.9 Å². The molecule has 2 heterocycles. The fourth-order valence-corrected chi connectivity index (χ4v) is 3.33. The monoisotopic (exact) mass is 424 g/mol. The smallest absolute Gasteiger partial charge is 0.311 e. The van der Waals surface area contributed by atoms with Gasteiger partial charge in [-0.2, -0.15) is 0 Å². The highest BCUT2D eigenvalue weighted by molar-refractivity contribution is 5.76. The van der Waals surface area contributed by atoms with E-state index in [1.165, 1.54) is 0 Å². The fraction of sp³-hybridized carbons (Fsp3) is 0.273. The Labute approximate surface area is 178 Å². The summed E-state index contributed by atoms with van der Waals surface area (Å²) >= 11 is 0. The van der Waals surface area contributed by atoms with Crippen molar-refractivity contribution in [3.63, 3.8) is 0 Å². The van der Waals surface area contributed by atoms with Gasteiger partial charge in [-0.1, -0.05) is 18.2 Å². The molecule has 0 spiro atoms. The van der Waals surface area contributed by atoms with Crippen molar-refractivity contribution in [1.29, 1.82) is 0 Å². The number of H-pyrrole nitrogens is 2. The summed E-state index contributed by atoms with van der Waals surface area (Å²) in [6.45, 7) is 2.24. The average Bonchev–Trinajstić information content (AvgIpc) is 3.11. The highest BCUT2D eigenvalue weighted by Gasteiger charge is 2.26. The Balaban J connectivity index is 1.90. The van der Waals surface area contributed by atoms with Gasteiger partial charge in [0.25, 0.3) is 5.56 Å². The number of pyridine rings is 1. The van der Waals surface area contributed by atoms with Gasteiger partial charge in [-0.25, -0.2) is 0 Å². The minimum atomic E-state index is -0.654. The second-order valence-electron chi connectivity index (χ2n) is 6.90. The van der Waals surface area contributed by atoms with Crippen molar-refractivity contribution in [1.82, 2.24) is 15.2 Å². The van der Waals surface area contributed by atoms with Crippen molar-refractivity contribution < 1.29 is 19.1 Å². The molecule has 4 N–H and O–H groups in total. The lowest BCUT2D eigenvalue weighted by Gasteiger charge is -2.17. The van der Waals surface area contributed by atoms with Crippen LogP contribution in [-0.2, 0) is 27.4 Å². The lowest BCUT2D eigenvalue weighted by atomic mass is 9.87. The Hall–Kier alpha value is -3.88. The molecule has 1 atom stereocenters. The molecule has 0 aliphatic heterocycles. The van der Waals surface area contributed by atoms with Crippen molar-refractivity contribution in [3.05, 3.63) is 81.5 Å². The van der Waals surface area contributed by atoms with Crippen molar-refractivity contribution in [2.75, 3.05) is 6.61 Å². The highest BCUT2D eigenvalue weighted by Crippen LogP contribution is 2.30. The first-order valence-electron chi connectivity index (χ1n) is 9.83. The van der Waals surface area contributed by atoms with E-state index in [1.807, 2.05) is 12.1 Å². The largest absolute Gasteiger partial charge is 0.489 e. The van der Waals surface area contributed by atoms with Gasteiger partial charge in [-0.3, -0.25) is 24.5 Å². The zero-order chi connectivity index (χ0) is 22.2. The van der Waals surface area contributed by atoms with E-state index in [4.69, 9.17) is 15.2 Å². The Morgan fingerprint density at radius 2 is 2.03 bits per heavy atom. The van der Waals surface area contributed by atoms with Gasteiger partial charge in [0.1, 0.15) is 12.4 Å². The number of aromatic nitrogens is 3. The van der Waals surface area contributed by atoms with E-state index in [2.05, 4.69) is 15.2 Å². The van der Waals surface area contributed by atoms with E-state index in [0.29, 0.717) is 23.6 Å². The maximum Gasteiger partial charge on any atom is 0.311 e. The summed E-state index contributed by atoms with van der Waals surface area (Å²) in [5.74, 6) is -1.15. The number of esters is 1. The van der Waals surface area contributed by atoms with Crippen LogP contribution in [0.4, 0.5) is 0 Å². The zero-order valence-electron chi connectivity index (χ0n) is 17.1. The number of amides is 1. The molecular formula is C22H24N4O5. The molecule has 3 aromatic rings. The molecule has 162 valence electrons. The summed E-state index contributed by atoms with van der Waals surface area (Å²) < 4.78 is 10.8. The second kappa shape index (κ2) is 10.2. The Morgan fingerprint density at radius 1 is 1.19 bits per heavy atom. The van der Waals surface area contributed by atoms with Crippen LogP contribution in [0.1, 0.15) is 41.6 Å². The van der Waals surface area contributed by atoms with E-state index in [1.54, 1.807) is 43.6 Å². The van der Waals surface area contributed by atoms with Crippen LogP contribution in [0.3, 0.4) is 0 Å².